The first kappa shape index (κ1) is 18.6. The fourth-order valence-corrected chi connectivity index (χ4v) is 3.75. The molecule has 4 rings (SSSR count). The summed E-state index contributed by atoms with van der Waals surface area (Å²) >= 11 is 0. The molecule has 7 nitrogen and oxygen atoms in total. The van der Waals surface area contributed by atoms with Crippen LogP contribution in [0.5, 0.6) is 0 Å². The average molecular weight is 382 g/mol. The van der Waals surface area contributed by atoms with E-state index in [9.17, 15) is 4.79 Å². The number of hydroxylamine groups is 2. The number of piperidine rings is 1. The molecule has 28 heavy (non-hydrogen) atoms. The summed E-state index contributed by atoms with van der Waals surface area (Å²) in [7, 11) is 1.96. The maximum absolute atomic E-state index is 12.9. The van der Waals surface area contributed by atoms with E-state index >= 15 is 0 Å². The van der Waals surface area contributed by atoms with Gasteiger partial charge in [-0.3, -0.25) is 4.84 Å². The number of rotatable bonds is 7. The van der Waals surface area contributed by atoms with E-state index in [1.54, 1.807) is 5.06 Å². The first-order chi connectivity index (χ1) is 13.5. The Labute approximate surface area is 165 Å². The van der Waals surface area contributed by atoms with E-state index < -0.39 is 0 Å². The van der Waals surface area contributed by atoms with Gasteiger partial charge < -0.3 is 14.3 Å². The summed E-state index contributed by atoms with van der Waals surface area (Å²) in [6.07, 6.45) is 1.74. The lowest BCUT2D eigenvalue weighted by molar-refractivity contribution is -0.140. The van der Waals surface area contributed by atoms with Crippen LogP contribution < -0.4 is 0 Å². The normalized spacial score (nSPS) is 21.3. The van der Waals surface area contributed by atoms with E-state index in [4.69, 9.17) is 9.36 Å². The fourth-order valence-electron chi connectivity index (χ4n) is 3.75. The molecule has 0 N–H and O–H groups in total. The molecule has 1 aromatic carbocycles. The number of nitrogens with zero attached hydrogens (tertiary/aromatic N) is 4. The minimum absolute atomic E-state index is 0.0679. The molecule has 0 saturated carbocycles. The number of hydrogen-bond donors (Lipinski definition) is 0. The monoisotopic (exact) mass is 382 g/mol. The van der Waals surface area contributed by atoms with Crippen LogP contribution in [0.2, 0.25) is 0 Å². The van der Waals surface area contributed by atoms with E-state index in [-0.39, 0.29) is 18.1 Å². The lowest BCUT2D eigenvalue weighted by Crippen LogP contribution is -2.34. The van der Waals surface area contributed by atoms with Crippen molar-refractivity contribution >= 4 is 6.03 Å². The van der Waals surface area contributed by atoms with Crippen molar-refractivity contribution in [1.29, 1.82) is 0 Å². The molecule has 0 unspecified atom stereocenters. The molecule has 2 saturated heterocycles. The van der Waals surface area contributed by atoms with Crippen LogP contribution in [0.15, 0.2) is 53.2 Å². The molecule has 2 aliphatic heterocycles. The van der Waals surface area contributed by atoms with E-state index in [0.717, 1.165) is 35.6 Å². The Morgan fingerprint density at radius 2 is 2.14 bits per heavy atom. The van der Waals surface area contributed by atoms with Crippen LogP contribution in [-0.2, 0) is 18.0 Å². The van der Waals surface area contributed by atoms with E-state index in [0.29, 0.717) is 19.7 Å². The fraction of sp³-hybridized carbons (Fsp3) is 0.429. The molecule has 3 heterocycles. The Morgan fingerprint density at radius 3 is 2.89 bits per heavy atom. The summed E-state index contributed by atoms with van der Waals surface area (Å²) in [6.45, 7) is 7.54. The van der Waals surface area contributed by atoms with Gasteiger partial charge >= 0.3 is 6.03 Å². The SMILES string of the molecule is C=C(C)N(C)Cc1cc([C@@H]2CC[C@@H]3CN2C(=O)N3OCc2ccccc2)no1. The average Bonchev–Trinajstić information content (AvgIpc) is 3.25. The Bertz CT molecular complexity index is 850. The van der Waals surface area contributed by atoms with E-state index in [1.807, 2.05) is 60.2 Å². The number of amides is 2. The maximum Gasteiger partial charge on any atom is 0.344 e. The zero-order valence-corrected chi connectivity index (χ0v) is 16.4. The van der Waals surface area contributed by atoms with Gasteiger partial charge in [-0.2, -0.15) is 5.06 Å². The molecular formula is C21H26N4O3. The Morgan fingerprint density at radius 1 is 1.36 bits per heavy atom. The molecule has 2 amide bonds. The third kappa shape index (κ3) is 3.62. The minimum Gasteiger partial charge on any atom is -0.371 e. The Kier molecular flexibility index (Phi) is 5.09. The number of carbonyl (C=O) groups excluding carboxylic acids is 1. The van der Waals surface area contributed by atoms with Crippen LogP contribution in [-0.4, -0.2) is 45.7 Å². The quantitative estimate of drug-likeness (QED) is 0.730. The summed E-state index contributed by atoms with van der Waals surface area (Å²) in [5.41, 5.74) is 2.81. The van der Waals surface area contributed by atoms with Crippen molar-refractivity contribution in [2.45, 2.75) is 45.0 Å². The number of carbonyl (C=O) groups is 1. The molecular weight excluding hydrogens is 356 g/mol. The zero-order chi connectivity index (χ0) is 19.7. The first-order valence-corrected chi connectivity index (χ1v) is 9.61. The maximum atomic E-state index is 12.9. The highest BCUT2D eigenvalue weighted by molar-refractivity contribution is 5.77. The summed E-state index contributed by atoms with van der Waals surface area (Å²) in [5.74, 6) is 0.770. The Hall–Kier alpha value is -2.80. The molecule has 0 aliphatic carbocycles. The Balaban J connectivity index is 1.42. The van der Waals surface area contributed by atoms with E-state index in [1.165, 1.54) is 0 Å². The highest BCUT2D eigenvalue weighted by atomic mass is 16.7. The van der Waals surface area contributed by atoms with Gasteiger partial charge in [0.15, 0.2) is 5.76 Å². The van der Waals surface area contributed by atoms with Crippen LogP contribution in [0.25, 0.3) is 0 Å². The van der Waals surface area contributed by atoms with Gasteiger partial charge in [-0.05, 0) is 25.3 Å². The molecule has 148 valence electrons. The van der Waals surface area contributed by atoms with Gasteiger partial charge in [0.2, 0.25) is 0 Å². The van der Waals surface area contributed by atoms with Gasteiger partial charge in [0, 0.05) is 25.4 Å². The zero-order valence-electron chi connectivity index (χ0n) is 16.4. The van der Waals surface area contributed by atoms with E-state index in [2.05, 4.69) is 11.7 Å². The van der Waals surface area contributed by atoms with Crippen molar-refractivity contribution in [2.24, 2.45) is 0 Å². The van der Waals surface area contributed by atoms with Crippen LogP contribution in [0.3, 0.4) is 0 Å². The van der Waals surface area contributed by atoms with Crippen molar-refractivity contribution in [1.82, 2.24) is 20.0 Å². The molecule has 2 bridgehead atoms. The molecule has 0 radical (unpaired) electrons. The molecule has 2 fully saturated rings. The number of hydrogen-bond acceptors (Lipinski definition) is 5. The van der Waals surface area contributed by atoms with Gasteiger partial charge in [-0.1, -0.05) is 42.1 Å². The highest BCUT2D eigenvalue weighted by Crippen LogP contribution is 2.38. The molecule has 2 atom stereocenters. The highest BCUT2D eigenvalue weighted by Gasteiger charge is 2.46. The van der Waals surface area contributed by atoms with Gasteiger partial charge in [-0.15, -0.1) is 0 Å². The standard InChI is InChI=1S/C21H26N4O3/c1-15(2)23(3)13-18-11-19(22-28-18)20-10-9-17-12-24(20)21(26)25(17)27-14-16-7-5-4-6-8-16/h4-8,11,17,20H,1,9-10,12-14H2,2-3H3/t17-,20+/m1/s1. The summed E-state index contributed by atoms with van der Waals surface area (Å²) in [4.78, 5) is 22.6. The van der Waals surface area contributed by atoms with Crippen molar-refractivity contribution < 1.29 is 14.2 Å². The van der Waals surface area contributed by atoms with Crippen molar-refractivity contribution in [3.05, 3.63) is 65.7 Å². The molecule has 2 aliphatic rings. The smallest absolute Gasteiger partial charge is 0.344 e. The number of benzene rings is 1. The van der Waals surface area contributed by atoms with Crippen LogP contribution in [0, 0.1) is 0 Å². The molecule has 2 aromatic rings. The second-order valence-corrected chi connectivity index (χ2v) is 7.58. The van der Waals surface area contributed by atoms with Gasteiger partial charge in [0.1, 0.15) is 12.3 Å². The van der Waals surface area contributed by atoms with Crippen molar-refractivity contribution in [3.63, 3.8) is 0 Å². The number of allylic oxidation sites excluding steroid dienone is 1. The van der Waals surface area contributed by atoms with Crippen LogP contribution in [0.4, 0.5) is 4.79 Å². The van der Waals surface area contributed by atoms with Crippen LogP contribution >= 0.6 is 0 Å². The second-order valence-electron chi connectivity index (χ2n) is 7.58. The summed E-state index contributed by atoms with van der Waals surface area (Å²) < 4.78 is 5.50. The lowest BCUT2D eigenvalue weighted by atomic mass is 9.98. The molecule has 1 aromatic heterocycles. The number of fused-ring (bicyclic) bond motifs is 2. The van der Waals surface area contributed by atoms with Crippen LogP contribution in [0.1, 0.15) is 42.8 Å². The lowest BCUT2D eigenvalue weighted by Gasteiger charge is -2.28. The van der Waals surface area contributed by atoms with Gasteiger partial charge in [0.05, 0.1) is 18.6 Å². The minimum atomic E-state index is -0.0907. The third-order valence-electron chi connectivity index (χ3n) is 5.50. The molecule has 0 spiro atoms. The second kappa shape index (κ2) is 7.67. The number of urea groups is 1. The largest absolute Gasteiger partial charge is 0.371 e. The summed E-state index contributed by atoms with van der Waals surface area (Å²) in [5, 5.41) is 5.78. The van der Waals surface area contributed by atoms with Crippen molar-refractivity contribution in [3.8, 4) is 0 Å². The number of aromatic nitrogens is 1. The topological polar surface area (TPSA) is 62.0 Å². The van der Waals surface area contributed by atoms with Crippen molar-refractivity contribution in [2.75, 3.05) is 13.6 Å². The predicted octanol–water partition coefficient (Wildman–Crippen LogP) is 3.71. The molecule has 7 heteroatoms. The first-order valence-electron chi connectivity index (χ1n) is 9.61. The third-order valence-corrected chi connectivity index (χ3v) is 5.50. The predicted molar refractivity (Wildman–Crippen MR) is 104 cm³/mol. The van der Waals surface area contributed by atoms with Gasteiger partial charge in [0.25, 0.3) is 0 Å². The van der Waals surface area contributed by atoms with Gasteiger partial charge in [-0.25, -0.2) is 4.79 Å². The summed E-state index contributed by atoms with van der Waals surface area (Å²) in [6, 6.07) is 11.8.